The molecule has 0 spiro atoms. The zero-order chi connectivity index (χ0) is 19.6. The second-order valence-corrected chi connectivity index (χ2v) is 7.46. The van der Waals surface area contributed by atoms with Crippen molar-refractivity contribution in [3.8, 4) is 11.5 Å². The Hall–Kier alpha value is -3.01. The molecule has 4 nitrogen and oxygen atoms in total. The van der Waals surface area contributed by atoms with Crippen molar-refractivity contribution in [2.24, 2.45) is 0 Å². The summed E-state index contributed by atoms with van der Waals surface area (Å²) in [6.45, 7) is 6.29. The van der Waals surface area contributed by atoms with Gasteiger partial charge in [-0.15, -0.1) is 0 Å². The molecule has 0 atom stereocenters. The van der Waals surface area contributed by atoms with Crippen molar-refractivity contribution in [1.82, 2.24) is 0 Å². The topological polar surface area (TPSA) is 47.6 Å². The Kier molecular flexibility index (Phi) is 5.08. The Morgan fingerprint density at radius 1 is 0.852 bits per heavy atom. The summed E-state index contributed by atoms with van der Waals surface area (Å²) < 4.78 is 11.2. The third-order valence-electron chi connectivity index (χ3n) is 4.61. The molecule has 1 N–H and O–H groups in total. The number of anilines is 1. The minimum Gasteiger partial charge on any atom is -0.493 e. The first-order valence-electron chi connectivity index (χ1n) is 8.91. The zero-order valence-electron chi connectivity index (χ0n) is 16.4. The molecule has 0 fully saturated rings. The number of hydrogen-bond donors (Lipinski definition) is 1. The lowest BCUT2D eigenvalue weighted by molar-refractivity contribution is 0.102. The van der Waals surface area contributed by atoms with Gasteiger partial charge in [0.25, 0.3) is 5.91 Å². The average molecular weight is 363 g/mol. The van der Waals surface area contributed by atoms with Gasteiger partial charge >= 0.3 is 0 Å². The standard InChI is InChI=1S/C23H25NO3/c1-23(2,3)18-14-13-17(20(26-4)21(18)27-5)22(25)24-19-12-8-10-15-9-6-7-11-16(15)19/h6-14H,1-5H3,(H,24,25). The molecule has 0 saturated carbocycles. The smallest absolute Gasteiger partial charge is 0.259 e. The van der Waals surface area contributed by atoms with Crippen molar-refractivity contribution in [1.29, 1.82) is 0 Å². The van der Waals surface area contributed by atoms with Crippen LogP contribution in [0.4, 0.5) is 5.69 Å². The summed E-state index contributed by atoms with van der Waals surface area (Å²) >= 11 is 0. The van der Waals surface area contributed by atoms with Gasteiger partial charge < -0.3 is 14.8 Å². The van der Waals surface area contributed by atoms with Crippen LogP contribution in [0.3, 0.4) is 0 Å². The van der Waals surface area contributed by atoms with E-state index >= 15 is 0 Å². The molecular weight excluding hydrogens is 338 g/mol. The van der Waals surface area contributed by atoms with Gasteiger partial charge in [-0.05, 0) is 22.9 Å². The number of hydrogen-bond acceptors (Lipinski definition) is 3. The monoisotopic (exact) mass is 363 g/mol. The van der Waals surface area contributed by atoms with Crippen LogP contribution in [0.15, 0.2) is 54.6 Å². The van der Waals surface area contributed by atoms with E-state index in [4.69, 9.17) is 9.47 Å². The van der Waals surface area contributed by atoms with Crippen molar-refractivity contribution in [2.75, 3.05) is 19.5 Å². The van der Waals surface area contributed by atoms with E-state index in [2.05, 4.69) is 26.1 Å². The molecule has 0 unspecified atom stereocenters. The quantitative estimate of drug-likeness (QED) is 0.674. The fraction of sp³-hybridized carbons (Fsp3) is 0.261. The van der Waals surface area contributed by atoms with E-state index in [0.29, 0.717) is 17.1 Å². The molecule has 140 valence electrons. The largest absolute Gasteiger partial charge is 0.493 e. The molecule has 0 bridgehead atoms. The van der Waals surface area contributed by atoms with Gasteiger partial charge in [-0.1, -0.05) is 63.2 Å². The first-order valence-corrected chi connectivity index (χ1v) is 8.91. The summed E-state index contributed by atoms with van der Waals surface area (Å²) in [7, 11) is 3.15. The number of methoxy groups -OCH3 is 2. The number of rotatable bonds is 4. The predicted molar refractivity (Wildman–Crippen MR) is 110 cm³/mol. The third-order valence-corrected chi connectivity index (χ3v) is 4.61. The fourth-order valence-corrected chi connectivity index (χ4v) is 3.26. The van der Waals surface area contributed by atoms with E-state index in [9.17, 15) is 4.79 Å². The van der Waals surface area contributed by atoms with Crippen molar-refractivity contribution >= 4 is 22.4 Å². The fourth-order valence-electron chi connectivity index (χ4n) is 3.26. The van der Waals surface area contributed by atoms with Crippen LogP contribution in [0.1, 0.15) is 36.7 Å². The SMILES string of the molecule is COc1c(C(=O)Nc2cccc3ccccc23)ccc(C(C)(C)C)c1OC. The highest BCUT2D eigenvalue weighted by Crippen LogP contribution is 2.41. The van der Waals surface area contributed by atoms with E-state index in [0.717, 1.165) is 22.0 Å². The summed E-state index contributed by atoms with van der Waals surface area (Å²) in [5.41, 5.74) is 2.06. The van der Waals surface area contributed by atoms with Gasteiger partial charge in [-0.3, -0.25) is 4.79 Å². The Bertz CT molecular complexity index is 981. The van der Waals surface area contributed by atoms with Gasteiger partial charge in [0.05, 0.1) is 19.8 Å². The van der Waals surface area contributed by atoms with Crippen LogP contribution < -0.4 is 14.8 Å². The maximum atomic E-state index is 13.0. The van der Waals surface area contributed by atoms with E-state index in [1.54, 1.807) is 20.3 Å². The highest BCUT2D eigenvalue weighted by Gasteiger charge is 2.26. The second kappa shape index (κ2) is 7.31. The molecule has 4 heteroatoms. The zero-order valence-corrected chi connectivity index (χ0v) is 16.4. The van der Waals surface area contributed by atoms with Gasteiger partial charge in [0.2, 0.25) is 0 Å². The van der Waals surface area contributed by atoms with Gasteiger partial charge in [0.15, 0.2) is 11.5 Å². The Morgan fingerprint density at radius 2 is 1.52 bits per heavy atom. The lowest BCUT2D eigenvalue weighted by Gasteiger charge is -2.24. The van der Waals surface area contributed by atoms with Crippen LogP contribution in [-0.4, -0.2) is 20.1 Å². The van der Waals surface area contributed by atoms with Crippen LogP contribution in [0.2, 0.25) is 0 Å². The van der Waals surface area contributed by atoms with Crippen molar-refractivity contribution in [3.05, 3.63) is 65.7 Å². The van der Waals surface area contributed by atoms with Crippen LogP contribution in [0.5, 0.6) is 11.5 Å². The van der Waals surface area contributed by atoms with E-state index in [1.807, 2.05) is 48.5 Å². The number of benzene rings is 3. The minimum absolute atomic E-state index is 0.136. The molecule has 27 heavy (non-hydrogen) atoms. The normalized spacial score (nSPS) is 11.3. The number of nitrogens with one attached hydrogen (secondary N) is 1. The molecule has 3 aromatic carbocycles. The lowest BCUT2D eigenvalue weighted by atomic mass is 9.85. The van der Waals surface area contributed by atoms with Gasteiger partial charge in [0.1, 0.15) is 0 Å². The van der Waals surface area contributed by atoms with Crippen LogP contribution in [-0.2, 0) is 5.41 Å². The maximum absolute atomic E-state index is 13.0. The molecule has 0 heterocycles. The van der Waals surface area contributed by atoms with Crippen LogP contribution >= 0.6 is 0 Å². The third kappa shape index (κ3) is 3.61. The maximum Gasteiger partial charge on any atom is 0.259 e. The van der Waals surface area contributed by atoms with E-state index < -0.39 is 0 Å². The molecular formula is C23H25NO3. The predicted octanol–water partition coefficient (Wildman–Crippen LogP) is 5.41. The van der Waals surface area contributed by atoms with Gasteiger partial charge in [0, 0.05) is 16.6 Å². The van der Waals surface area contributed by atoms with E-state index in [-0.39, 0.29) is 11.3 Å². The molecule has 3 aromatic rings. The Morgan fingerprint density at radius 3 is 2.19 bits per heavy atom. The Balaban J connectivity index is 2.04. The number of fused-ring (bicyclic) bond motifs is 1. The molecule has 0 radical (unpaired) electrons. The summed E-state index contributed by atoms with van der Waals surface area (Å²) in [6.07, 6.45) is 0. The second-order valence-electron chi connectivity index (χ2n) is 7.46. The molecule has 1 amide bonds. The highest BCUT2D eigenvalue weighted by atomic mass is 16.5. The average Bonchev–Trinajstić information content (AvgIpc) is 2.66. The molecule has 0 aliphatic carbocycles. The van der Waals surface area contributed by atoms with Crippen molar-refractivity contribution in [3.63, 3.8) is 0 Å². The van der Waals surface area contributed by atoms with Gasteiger partial charge in [-0.2, -0.15) is 0 Å². The van der Waals surface area contributed by atoms with Crippen molar-refractivity contribution < 1.29 is 14.3 Å². The van der Waals surface area contributed by atoms with Gasteiger partial charge in [-0.25, -0.2) is 0 Å². The highest BCUT2D eigenvalue weighted by molar-refractivity contribution is 6.10. The molecule has 3 rings (SSSR count). The molecule has 0 saturated heterocycles. The molecule has 0 aliphatic rings. The number of carbonyl (C=O) groups is 1. The van der Waals surface area contributed by atoms with Crippen LogP contribution in [0, 0.1) is 0 Å². The number of amides is 1. The van der Waals surface area contributed by atoms with E-state index in [1.165, 1.54) is 0 Å². The summed E-state index contributed by atoms with van der Waals surface area (Å²) in [6, 6.07) is 17.5. The summed E-state index contributed by atoms with van der Waals surface area (Å²) in [5.74, 6) is 0.806. The number of ether oxygens (including phenoxy) is 2. The first kappa shape index (κ1) is 18.8. The molecule has 0 aliphatic heterocycles. The number of carbonyl (C=O) groups excluding carboxylic acids is 1. The van der Waals surface area contributed by atoms with Crippen LogP contribution in [0.25, 0.3) is 10.8 Å². The first-order chi connectivity index (χ1) is 12.9. The lowest BCUT2D eigenvalue weighted by Crippen LogP contribution is -2.17. The minimum atomic E-state index is -0.234. The molecule has 0 aromatic heterocycles. The Labute approximate surface area is 160 Å². The summed E-state index contributed by atoms with van der Waals surface area (Å²) in [5, 5.41) is 5.07. The summed E-state index contributed by atoms with van der Waals surface area (Å²) in [4.78, 5) is 13.0. The van der Waals surface area contributed by atoms with Crippen molar-refractivity contribution in [2.45, 2.75) is 26.2 Å².